The molecule has 2 aromatic carbocycles. The average molecular weight is 372 g/mol. The van der Waals surface area contributed by atoms with E-state index in [0.717, 1.165) is 11.1 Å². The molecule has 1 aromatic heterocycles. The molecule has 0 unspecified atom stereocenters. The average Bonchev–Trinajstić information content (AvgIpc) is 3.01. The number of hydrogen-bond acceptors (Lipinski definition) is 5. The lowest BCUT2D eigenvalue weighted by Gasteiger charge is -2.10. The quantitative estimate of drug-likeness (QED) is 0.622. The van der Waals surface area contributed by atoms with Crippen LogP contribution in [0.15, 0.2) is 53.7 Å². The van der Waals surface area contributed by atoms with Crippen molar-refractivity contribution in [2.75, 3.05) is 12.9 Å². The van der Waals surface area contributed by atoms with Crippen LogP contribution in [-0.2, 0) is 21.1 Å². The summed E-state index contributed by atoms with van der Waals surface area (Å²) in [6.07, 6.45) is 0.527. The number of sulfone groups is 1. The summed E-state index contributed by atoms with van der Waals surface area (Å²) >= 11 is 0. The molecular weight excluding hydrogens is 352 g/mol. The van der Waals surface area contributed by atoms with Gasteiger partial charge in [-0.3, -0.25) is 0 Å². The number of esters is 1. The van der Waals surface area contributed by atoms with E-state index in [0.29, 0.717) is 24.0 Å². The van der Waals surface area contributed by atoms with Gasteiger partial charge in [0.1, 0.15) is 0 Å². The summed E-state index contributed by atoms with van der Waals surface area (Å²) in [5.41, 5.74) is 2.73. The van der Waals surface area contributed by atoms with E-state index in [1.165, 1.54) is 7.11 Å². The number of ether oxygens (including phenoxy) is 1. The van der Waals surface area contributed by atoms with Crippen LogP contribution in [-0.4, -0.2) is 36.8 Å². The first-order valence-corrected chi connectivity index (χ1v) is 9.96. The minimum atomic E-state index is -3.47. The molecule has 0 aliphatic rings. The largest absolute Gasteiger partial charge is 0.465 e. The highest BCUT2D eigenvalue weighted by Gasteiger charge is 2.23. The smallest absolute Gasteiger partial charge is 0.337 e. The fraction of sp³-hybridized carbons (Fsp3) is 0.263. The van der Waals surface area contributed by atoms with Gasteiger partial charge in [0.05, 0.1) is 36.0 Å². The van der Waals surface area contributed by atoms with E-state index in [2.05, 4.69) is 4.98 Å². The number of methoxy groups -OCH3 is 1. The molecular formula is C19H20N2O4S. The maximum atomic E-state index is 12.7. The second-order valence-electron chi connectivity index (χ2n) is 5.98. The van der Waals surface area contributed by atoms with E-state index in [4.69, 9.17) is 4.74 Å². The SMILES string of the molecule is CCCS(=O)(=O)c1nc2ccccc2n1Cc1ccc(C(=O)OC)cc1. The number of fused-ring (bicyclic) bond motifs is 1. The lowest BCUT2D eigenvalue weighted by Crippen LogP contribution is -2.14. The summed E-state index contributed by atoms with van der Waals surface area (Å²) in [4.78, 5) is 15.9. The second-order valence-corrected chi connectivity index (χ2v) is 7.98. The first-order valence-electron chi connectivity index (χ1n) is 8.31. The molecule has 136 valence electrons. The molecule has 0 N–H and O–H groups in total. The maximum absolute atomic E-state index is 12.7. The van der Waals surface area contributed by atoms with Crippen LogP contribution in [0, 0.1) is 0 Å². The zero-order valence-corrected chi connectivity index (χ0v) is 15.5. The summed E-state index contributed by atoms with van der Waals surface area (Å²) in [7, 11) is -2.14. The Morgan fingerprint density at radius 1 is 1.12 bits per heavy atom. The van der Waals surface area contributed by atoms with Crippen LogP contribution in [0.25, 0.3) is 11.0 Å². The summed E-state index contributed by atoms with van der Waals surface area (Å²) in [6, 6.07) is 14.3. The molecule has 0 bridgehead atoms. The van der Waals surface area contributed by atoms with Crippen molar-refractivity contribution in [3.8, 4) is 0 Å². The lowest BCUT2D eigenvalue weighted by molar-refractivity contribution is 0.0600. The molecule has 0 saturated heterocycles. The molecule has 0 aliphatic heterocycles. The molecule has 0 amide bonds. The fourth-order valence-corrected chi connectivity index (χ4v) is 4.31. The van der Waals surface area contributed by atoms with E-state index in [1.807, 2.05) is 25.1 Å². The number of nitrogens with zero attached hydrogens (tertiary/aromatic N) is 2. The van der Waals surface area contributed by atoms with Crippen molar-refractivity contribution in [2.24, 2.45) is 0 Å². The Hall–Kier alpha value is -2.67. The van der Waals surface area contributed by atoms with Crippen LogP contribution in [0.3, 0.4) is 0 Å². The van der Waals surface area contributed by atoms with Crippen LogP contribution >= 0.6 is 0 Å². The number of hydrogen-bond donors (Lipinski definition) is 0. The molecule has 26 heavy (non-hydrogen) atoms. The maximum Gasteiger partial charge on any atom is 0.337 e. The Balaban J connectivity index is 2.05. The van der Waals surface area contributed by atoms with Gasteiger partial charge in [-0.2, -0.15) is 0 Å². The minimum Gasteiger partial charge on any atom is -0.465 e. The number of aromatic nitrogens is 2. The van der Waals surface area contributed by atoms with Gasteiger partial charge in [0.25, 0.3) is 0 Å². The van der Waals surface area contributed by atoms with Crippen LogP contribution in [0.4, 0.5) is 0 Å². The Bertz CT molecular complexity index is 1040. The van der Waals surface area contributed by atoms with Crippen molar-refractivity contribution in [1.29, 1.82) is 0 Å². The zero-order valence-electron chi connectivity index (χ0n) is 14.7. The number of imidazole rings is 1. The van der Waals surface area contributed by atoms with Crippen molar-refractivity contribution in [1.82, 2.24) is 9.55 Å². The third-order valence-electron chi connectivity index (χ3n) is 4.09. The Morgan fingerprint density at radius 2 is 1.81 bits per heavy atom. The molecule has 0 saturated carbocycles. The molecule has 1 heterocycles. The normalized spacial score (nSPS) is 11.6. The van der Waals surface area contributed by atoms with Gasteiger partial charge in [-0.25, -0.2) is 18.2 Å². The van der Waals surface area contributed by atoms with Crippen LogP contribution in [0.1, 0.15) is 29.3 Å². The van der Waals surface area contributed by atoms with Gasteiger partial charge < -0.3 is 9.30 Å². The molecule has 0 atom stereocenters. The first kappa shape index (κ1) is 18.1. The minimum absolute atomic E-state index is 0.0532. The van der Waals surface area contributed by atoms with E-state index in [1.54, 1.807) is 34.9 Å². The first-order chi connectivity index (χ1) is 12.5. The number of para-hydroxylation sites is 2. The van der Waals surface area contributed by atoms with Gasteiger partial charge in [0, 0.05) is 0 Å². The van der Waals surface area contributed by atoms with Crippen LogP contribution in [0.5, 0.6) is 0 Å². The van der Waals surface area contributed by atoms with Gasteiger partial charge in [0.15, 0.2) is 0 Å². The fourth-order valence-electron chi connectivity index (χ4n) is 2.85. The molecule has 7 heteroatoms. The zero-order chi connectivity index (χ0) is 18.7. The molecule has 0 spiro atoms. The highest BCUT2D eigenvalue weighted by atomic mass is 32.2. The Morgan fingerprint density at radius 3 is 2.46 bits per heavy atom. The second kappa shape index (κ2) is 7.29. The predicted octanol–water partition coefficient (Wildman–Crippen LogP) is 3.05. The van der Waals surface area contributed by atoms with Crippen molar-refractivity contribution >= 4 is 26.8 Å². The summed E-state index contributed by atoms with van der Waals surface area (Å²) in [5.74, 6) is -0.353. The summed E-state index contributed by atoms with van der Waals surface area (Å²) in [6.45, 7) is 2.18. The van der Waals surface area contributed by atoms with Crippen molar-refractivity contribution in [2.45, 2.75) is 25.0 Å². The number of carbonyl (C=O) groups excluding carboxylic acids is 1. The van der Waals surface area contributed by atoms with E-state index < -0.39 is 15.8 Å². The monoisotopic (exact) mass is 372 g/mol. The van der Waals surface area contributed by atoms with Crippen LogP contribution in [0.2, 0.25) is 0 Å². The number of carbonyl (C=O) groups is 1. The number of benzene rings is 2. The predicted molar refractivity (Wildman–Crippen MR) is 99.0 cm³/mol. The lowest BCUT2D eigenvalue weighted by atomic mass is 10.1. The third-order valence-corrected chi connectivity index (χ3v) is 5.90. The molecule has 3 aromatic rings. The van der Waals surface area contributed by atoms with Crippen LogP contribution < -0.4 is 0 Å². The van der Waals surface area contributed by atoms with Gasteiger partial charge in [0.2, 0.25) is 15.0 Å². The molecule has 3 rings (SSSR count). The van der Waals surface area contributed by atoms with E-state index in [9.17, 15) is 13.2 Å². The van der Waals surface area contributed by atoms with Gasteiger partial charge in [-0.1, -0.05) is 31.2 Å². The van der Waals surface area contributed by atoms with Gasteiger partial charge in [-0.15, -0.1) is 0 Å². The van der Waals surface area contributed by atoms with Crippen molar-refractivity contribution < 1.29 is 17.9 Å². The summed E-state index contributed by atoms with van der Waals surface area (Å²) < 4.78 is 31.7. The summed E-state index contributed by atoms with van der Waals surface area (Å²) in [5, 5.41) is 0.0811. The van der Waals surface area contributed by atoms with Crippen molar-refractivity contribution in [3.63, 3.8) is 0 Å². The highest BCUT2D eigenvalue weighted by molar-refractivity contribution is 7.91. The third kappa shape index (κ3) is 3.48. The van der Waals surface area contributed by atoms with Crippen molar-refractivity contribution in [3.05, 3.63) is 59.7 Å². The van der Waals surface area contributed by atoms with E-state index in [-0.39, 0.29) is 10.9 Å². The molecule has 6 nitrogen and oxygen atoms in total. The topological polar surface area (TPSA) is 78.3 Å². The highest BCUT2D eigenvalue weighted by Crippen LogP contribution is 2.22. The Kier molecular flexibility index (Phi) is 5.08. The number of rotatable bonds is 6. The molecule has 0 aliphatic carbocycles. The Labute approximate surface area is 152 Å². The van der Waals surface area contributed by atoms with Gasteiger partial charge in [-0.05, 0) is 36.2 Å². The standard InChI is InChI=1S/C19H20N2O4S/c1-3-12-26(23,24)19-20-16-6-4-5-7-17(16)21(19)13-14-8-10-15(11-9-14)18(22)25-2/h4-11H,3,12-13H2,1-2H3. The molecule has 0 fully saturated rings. The van der Waals surface area contributed by atoms with E-state index >= 15 is 0 Å². The molecule has 0 radical (unpaired) electrons. The van der Waals surface area contributed by atoms with Gasteiger partial charge >= 0.3 is 5.97 Å².